The summed E-state index contributed by atoms with van der Waals surface area (Å²) < 4.78 is 49.4. The quantitative estimate of drug-likeness (QED) is 0.171. The van der Waals surface area contributed by atoms with E-state index >= 15 is 0 Å². The third-order valence-corrected chi connectivity index (χ3v) is 4.13. The SMILES string of the molecule is CC(OC(=O)OC(C)OC(C)OC(=O)c1ooc1C(C)C)OC(C)OC(=O)c1ooc1C(C)C. The van der Waals surface area contributed by atoms with Gasteiger partial charge in [-0.25, -0.2) is 14.4 Å². The Morgan fingerprint density at radius 2 is 0.853 bits per heavy atom. The molecule has 0 spiro atoms. The molecule has 0 amide bonds. The first-order valence-corrected chi connectivity index (χ1v) is 10.7. The number of ether oxygens (including phenoxy) is 6. The van der Waals surface area contributed by atoms with Crippen LogP contribution in [0, 0.1) is 0 Å². The molecule has 13 heteroatoms. The third kappa shape index (κ3) is 7.42. The molecule has 4 atom stereocenters. The van der Waals surface area contributed by atoms with E-state index in [-0.39, 0.29) is 23.4 Å². The van der Waals surface area contributed by atoms with Crippen LogP contribution in [-0.4, -0.2) is 43.3 Å². The molecule has 2 heterocycles. The highest BCUT2D eigenvalue weighted by molar-refractivity contribution is 5.88. The number of carbonyl (C=O) groups excluding carboxylic acids is 3. The Labute approximate surface area is 195 Å². The minimum Gasteiger partial charge on any atom is -0.430 e. The smallest absolute Gasteiger partial charge is 0.430 e. The van der Waals surface area contributed by atoms with Gasteiger partial charge in [-0.1, -0.05) is 27.7 Å². The molecule has 4 unspecified atom stereocenters. The molecular formula is C21H30O13. The molecule has 0 saturated carbocycles. The van der Waals surface area contributed by atoms with Crippen molar-refractivity contribution in [2.75, 3.05) is 0 Å². The number of hydrogen-bond donors (Lipinski definition) is 0. The lowest BCUT2D eigenvalue weighted by atomic mass is 10.1. The van der Waals surface area contributed by atoms with Gasteiger partial charge in [-0.3, -0.25) is 18.3 Å². The van der Waals surface area contributed by atoms with E-state index in [4.69, 9.17) is 37.6 Å². The molecule has 0 saturated heterocycles. The Kier molecular flexibility index (Phi) is 9.38. The molecule has 13 nitrogen and oxygen atoms in total. The zero-order chi connectivity index (χ0) is 25.6. The van der Waals surface area contributed by atoms with E-state index < -0.39 is 43.3 Å². The van der Waals surface area contributed by atoms with Crippen LogP contribution in [0.5, 0.6) is 0 Å². The molecule has 0 N–H and O–H groups in total. The molecule has 192 valence electrons. The molecule has 0 aliphatic rings. The van der Waals surface area contributed by atoms with Gasteiger partial charge in [0.25, 0.3) is 0 Å². The summed E-state index contributed by atoms with van der Waals surface area (Å²) in [5.74, 6) is -1.05. The molecule has 0 bridgehead atoms. The van der Waals surface area contributed by atoms with Crippen LogP contribution in [0.15, 0.2) is 18.3 Å². The Balaban J connectivity index is 1.69. The van der Waals surface area contributed by atoms with Gasteiger partial charge >= 0.3 is 29.6 Å². The molecule has 0 aromatic carbocycles. The maximum absolute atomic E-state index is 12.0. The minimum atomic E-state index is -1.13. The van der Waals surface area contributed by atoms with Crippen molar-refractivity contribution in [1.29, 1.82) is 0 Å². The second-order valence-corrected chi connectivity index (χ2v) is 7.87. The Bertz CT molecular complexity index is 854. The lowest BCUT2D eigenvalue weighted by Crippen LogP contribution is -2.30. The monoisotopic (exact) mass is 490 g/mol. The lowest BCUT2D eigenvalue weighted by Gasteiger charge is -2.22. The third-order valence-electron chi connectivity index (χ3n) is 4.13. The maximum atomic E-state index is 12.0. The van der Waals surface area contributed by atoms with Gasteiger partial charge < -0.3 is 28.4 Å². The van der Waals surface area contributed by atoms with Gasteiger partial charge in [-0.05, 0) is 27.7 Å². The fourth-order valence-electron chi connectivity index (χ4n) is 2.61. The van der Waals surface area contributed by atoms with E-state index in [1.807, 2.05) is 27.7 Å². The molecule has 0 aliphatic heterocycles. The minimum absolute atomic E-state index is 0.0488. The zero-order valence-electron chi connectivity index (χ0n) is 20.3. The Hall–Kier alpha value is -3.19. The number of carbonyl (C=O) groups is 3. The summed E-state index contributed by atoms with van der Waals surface area (Å²) in [5.41, 5.74) is 0. The summed E-state index contributed by atoms with van der Waals surface area (Å²) in [6.07, 6.45) is -5.54. The van der Waals surface area contributed by atoms with Gasteiger partial charge in [0.05, 0.1) is 0 Å². The van der Waals surface area contributed by atoms with Crippen molar-refractivity contribution in [3.63, 3.8) is 0 Å². The standard InChI is InChI=1S/C21H30O13/c1-9(2)15-17(33-31-15)19(22)27-11(5)25-13(7)29-21(24)30-14(8)26-12(6)28-20(23)18-16(10(3)4)32-34-18/h9-14H,1-8H3. The highest BCUT2D eigenvalue weighted by Gasteiger charge is 2.30. The molecule has 2 aromatic heterocycles. The average Bonchev–Trinajstić information content (AvgIpc) is 2.56. The van der Waals surface area contributed by atoms with E-state index in [0.717, 1.165) is 0 Å². The van der Waals surface area contributed by atoms with E-state index in [1.54, 1.807) is 0 Å². The summed E-state index contributed by atoms with van der Waals surface area (Å²) in [7, 11) is 0. The van der Waals surface area contributed by atoms with Gasteiger partial charge in [-0.15, -0.1) is 0 Å². The summed E-state index contributed by atoms with van der Waals surface area (Å²) in [5, 5.41) is 0. The fraction of sp³-hybridized carbons (Fsp3) is 0.667. The van der Waals surface area contributed by atoms with Crippen LogP contribution < -0.4 is 0 Å². The van der Waals surface area contributed by atoms with Crippen LogP contribution in [0.25, 0.3) is 0 Å². The second kappa shape index (κ2) is 11.8. The molecule has 34 heavy (non-hydrogen) atoms. The number of rotatable bonds is 12. The normalized spacial score (nSPS) is 15.1. The fourth-order valence-corrected chi connectivity index (χ4v) is 2.61. The van der Waals surface area contributed by atoms with Gasteiger partial charge in [0.15, 0.2) is 0 Å². The molecule has 0 radical (unpaired) electrons. The zero-order valence-corrected chi connectivity index (χ0v) is 20.3. The van der Waals surface area contributed by atoms with Crippen molar-refractivity contribution in [3.05, 3.63) is 23.0 Å². The van der Waals surface area contributed by atoms with Crippen LogP contribution in [0.4, 0.5) is 4.79 Å². The van der Waals surface area contributed by atoms with Crippen LogP contribution in [0.2, 0.25) is 0 Å². The first kappa shape index (κ1) is 27.1. The van der Waals surface area contributed by atoms with E-state index in [2.05, 4.69) is 9.15 Å². The van der Waals surface area contributed by atoms with Gasteiger partial charge in [0, 0.05) is 11.8 Å². The van der Waals surface area contributed by atoms with Crippen molar-refractivity contribution in [1.82, 2.24) is 0 Å². The van der Waals surface area contributed by atoms with E-state index in [0.29, 0.717) is 11.5 Å². The van der Waals surface area contributed by atoms with Crippen molar-refractivity contribution in [3.8, 4) is 0 Å². The summed E-state index contributed by atoms with van der Waals surface area (Å²) in [4.78, 5) is 36.0. The summed E-state index contributed by atoms with van der Waals surface area (Å²) in [6.45, 7) is 12.9. The number of esters is 2. The van der Waals surface area contributed by atoms with Crippen LogP contribution in [-0.2, 0) is 28.4 Å². The van der Waals surface area contributed by atoms with Crippen molar-refractivity contribution in [2.45, 2.75) is 92.4 Å². The van der Waals surface area contributed by atoms with Crippen LogP contribution >= 0.6 is 0 Å². The molecule has 0 aliphatic carbocycles. The second-order valence-electron chi connectivity index (χ2n) is 7.87. The van der Waals surface area contributed by atoms with Crippen molar-refractivity contribution in [2.24, 2.45) is 0 Å². The predicted molar refractivity (Wildman–Crippen MR) is 109 cm³/mol. The Morgan fingerprint density at radius 3 is 1.12 bits per heavy atom. The number of hydrogen-bond acceptors (Lipinski definition) is 13. The van der Waals surface area contributed by atoms with E-state index in [1.165, 1.54) is 27.7 Å². The van der Waals surface area contributed by atoms with Crippen molar-refractivity contribution < 1.29 is 61.1 Å². The first-order chi connectivity index (χ1) is 15.9. The largest absolute Gasteiger partial charge is 0.512 e. The highest BCUT2D eigenvalue weighted by Crippen LogP contribution is 2.25. The summed E-state index contributed by atoms with van der Waals surface area (Å²) >= 11 is 0. The highest BCUT2D eigenvalue weighted by atomic mass is 17.0. The average molecular weight is 490 g/mol. The molecule has 0 fully saturated rings. The van der Waals surface area contributed by atoms with Gasteiger partial charge in [0.2, 0.25) is 36.7 Å². The first-order valence-electron chi connectivity index (χ1n) is 10.7. The van der Waals surface area contributed by atoms with E-state index in [9.17, 15) is 14.4 Å². The lowest BCUT2D eigenvalue weighted by molar-refractivity contribution is -0.225. The van der Waals surface area contributed by atoms with Crippen LogP contribution in [0.1, 0.15) is 99.9 Å². The Morgan fingerprint density at radius 1 is 0.529 bits per heavy atom. The molecular weight excluding hydrogens is 460 g/mol. The van der Waals surface area contributed by atoms with Crippen LogP contribution in [0.3, 0.4) is 0 Å². The molecule has 2 rings (SSSR count). The summed E-state index contributed by atoms with van der Waals surface area (Å²) in [6, 6.07) is 0. The maximum Gasteiger partial charge on any atom is 0.512 e. The predicted octanol–water partition coefficient (Wildman–Crippen LogP) is 4.89. The van der Waals surface area contributed by atoms with Gasteiger partial charge in [-0.2, -0.15) is 0 Å². The van der Waals surface area contributed by atoms with Gasteiger partial charge in [0.1, 0.15) is 0 Å². The molecule has 2 aromatic rings. The van der Waals surface area contributed by atoms with Crippen molar-refractivity contribution >= 4 is 18.1 Å². The topological polar surface area (TPSA) is 159 Å².